The average Bonchev–Trinajstić information content (AvgIpc) is 3.08. The van der Waals surface area contributed by atoms with E-state index in [2.05, 4.69) is 4.99 Å². The molecule has 9 heteroatoms. The zero-order chi connectivity index (χ0) is 21.5. The molecular weight excluding hydrogens is 444 g/mol. The van der Waals surface area contributed by atoms with E-state index in [9.17, 15) is 9.59 Å². The molecule has 6 nitrogen and oxygen atoms in total. The van der Waals surface area contributed by atoms with Crippen molar-refractivity contribution in [3.05, 3.63) is 52.3 Å². The molecule has 0 saturated heterocycles. The summed E-state index contributed by atoms with van der Waals surface area (Å²) in [6.07, 6.45) is 1.03. The Morgan fingerprint density at radius 1 is 1.17 bits per heavy atom. The summed E-state index contributed by atoms with van der Waals surface area (Å²) in [4.78, 5) is 30.1. The highest BCUT2D eigenvalue weighted by atomic mass is 35.5. The minimum Gasteiger partial charge on any atom is -0.497 e. The number of amides is 1. The Morgan fingerprint density at radius 3 is 2.63 bits per heavy atom. The minimum absolute atomic E-state index is 0.0125. The second-order valence-electron chi connectivity index (χ2n) is 6.29. The van der Waals surface area contributed by atoms with Gasteiger partial charge in [-0.3, -0.25) is 9.59 Å². The smallest absolute Gasteiger partial charge is 0.325 e. The van der Waals surface area contributed by atoms with Crippen molar-refractivity contribution in [3.63, 3.8) is 0 Å². The number of aromatic nitrogens is 1. The van der Waals surface area contributed by atoms with Crippen LogP contribution in [0.5, 0.6) is 5.75 Å². The van der Waals surface area contributed by atoms with Crippen LogP contribution in [0, 0.1) is 0 Å². The molecule has 2 aromatic carbocycles. The van der Waals surface area contributed by atoms with Crippen LogP contribution >= 0.6 is 34.7 Å². The largest absolute Gasteiger partial charge is 0.497 e. The first-order chi connectivity index (χ1) is 14.5. The molecule has 3 rings (SSSR count). The number of thiazole rings is 1. The summed E-state index contributed by atoms with van der Waals surface area (Å²) < 4.78 is 12.6. The Labute approximate surface area is 187 Å². The van der Waals surface area contributed by atoms with Gasteiger partial charge < -0.3 is 14.0 Å². The fraction of sp³-hybridized carbons (Fsp3) is 0.286. The van der Waals surface area contributed by atoms with Crippen molar-refractivity contribution < 1.29 is 19.1 Å². The molecule has 0 radical (unpaired) electrons. The van der Waals surface area contributed by atoms with Crippen LogP contribution in [0.25, 0.3) is 10.2 Å². The van der Waals surface area contributed by atoms with Gasteiger partial charge in [-0.1, -0.05) is 22.9 Å². The maximum atomic E-state index is 12.4. The predicted molar refractivity (Wildman–Crippen MR) is 120 cm³/mol. The Balaban J connectivity index is 1.72. The van der Waals surface area contributed by atoms with Crippen molar-refractivity contribution in [1.82, 2.24) is 4.57 Å². The van der Waals surface area contributed by atoms with E-state index < -0.39 is 5.97 Å². The highest BCUT2D eigenvalue weighted by molar-refractivity contribution is 7.99. The number of benzene rings is 2. The van der Waals surface area contributed by atoms with Crippen LogP contribution in [-0.4, -0.2) is 36.4 Å². The van der Waals surface area contributed by atoms with E-state index in [1.807, 2.05) is 42.5 Å². The number of rotatable bonds is 8. The molecule has 0 atom stereocenters. The summed E-state index contributed by atoms with van der Waals surface area (Å²) in [6.45, 7) is -0.0125. The maximum Gasteiger partial charge on any atom is 0.325 e. The van der Waals surface area contributed by atoms with Crippen molar-refractivity contribution >= 4 is 56.8 Å². The molecule has 0 fully saturated rings. The molecule has 0 unspecified atom stereocenters. The van der Waals surface area contributed by atoms with Crippen molar-refractivity contribution in [1.29, 1.82) is 0 Å². The van der Waals surface area contributed by atoms with Crippen molar-refractivity contribution in [2.75, 3.05) is 20.0 Å². The third kappa shape index (κ3) is 5.87. The third-order valence-electron chi connectivity index (χ3n) is 4.24. The van der Waals surface area contributed by atoms with Crippen LogP contribution in [0.15, 0.2) is 52.4 Å². The number of nitrogens with zero attached hydrogens (tertiary/aromatic N) is 2. The molecule has 0 aliphatic rings. The normalized spacial score (nSPS) is 11.6. The lowest BCUT2D eigenvalue weighted by atomic mass is 10.3. The molecule has 0 aliphatic heterocycles. The molecule has 1 aromatic heterocycles. The van der Waals surface area contributed by atoms with E-state index in [1.54, 1.807) is 23.4 Å². The number of carbonyl (C=O) groups is 2. The molecule has 1 amide bonds. The number of methoxy groups -OCH3 is 2. The van der Waals surface area contributed by atoms with Gasteiger partial charge in [-0.2, -0.15) is 4.99 Å². The van der Waals surface area contributed by atoms with Gasteiger partial charge in [0.25, 0.3) is 0 Å². The molecular formula is C21H21ClN2O4S2. The zero-order valence-corrected chi connectivity index (χ0v) is 19.0. The summed E-state index contributed by atoms with van der Waals surface area (Å²) >= 11 is 8.90. The summed E-state index contributed by atoms with van der Waals surface area (Å²) in [5.41, 5.74) is 0.802. The van der Waals surface area contributed by atoms with Crippen LogP contribution in [-0.2, 0) is 20.9 Å². The van der Waals surface area contributed by atoms with Gasteiger partial charge in [0.05, 0.1) is 24.4 Å². The number of esters is 1. The van der Waals surface area contributed by atoms with Gasteiger partial charge >= 0.3 is 5.97 Å². The van der Waals surface area contributed by atoms with Gasteiger partial charge in [0, 0.05) is 16.3 Å². The lowest BCUT2D eigenvalue weighted by Crippen LogP contribution is -2.22. The van der Waals surface area contributed by atoms with Gasteiger partial charge in [0.2, 0.25) is 5.91 Å². The highest BCUT2D eigenvalue weighted by Crippen LogP contribution is 2.24. The van der Waals surface area contributed by atoms with Crippen molar-refractivity contribution in [2.45, 2.75) is 24.3 Å². The van der Waals surface area contributed by atoms with Crippen LogP contribution < -0.4 is 9.54 Å². The van der Waals surface area contributed by atoms with E-state index in [0.29, 0.717) is 28.4 Å². The Kier molecular flexibility index (Phi) is 7.95. The molecule has 158 valence electrons. The van der Waals surface area contributed by atoms with E-state index in [-0.39, 0.29) is 12.5 Å². The van der Waals surface area contributed by atoms with Crippen molar-refractivity contribution in [2.24, 2.45) is 4.99 Å². The fourth-order valence-corrected chi connectivity index (χ4v) is 4.77. The summed E-state index contributed by atoms with van der Waals surface area (Å²) in [6, 6.07) is 13.1. The predicted octanol–water partition coefficient (Wildman–Crippen LogP) is 4.54. The summed E-state index contributed by atoms with van der Waals surface area (Å²) in [7, 11) is 2.93. The van der Waals surface area contributed by atoms with Gasteiger partial charge in [-0.05, 0) is 54.6 Å². The first kappa shape index (κ1) is 22.4. The van der Waals surface area contributed by atoms with Gasteiger partial charge in [-0.25, -0.2) is 0 Å². The fourth-order valence-electron chi connectivity index (χ4n) is 2.72. The van der Waals surface area contributed by atoms with Crippen molar-refractivity contribution in [3.8, 4) is 5.75 Å². The quantitative estimate of drug-likeness (QED) is 0.278. The van der Waals surface area contributed by atoms with E-state index >= 15 is 0 Å². The molecule has 0 saturated carbocycles. The first-order valence-corrected chi connectivity index (χ1v) is 11.4. The van der Waals surface area contributed by atoms with Crippen LogP contribution in [0.3, 0.4) is 0 Å². The lowest BCUT2D eigenvalue weighted by Gasteiger charge is -2.04. The number of thioether (sulfide) groups is 1. The maximum absolute atomic E-state index is 12.4. The van der Waals surface area contributed by atoms with Crippen LogP contribution in [0.1, 0.15) is 12.8 Å². The summed E-state index contributed by atoms with van der Waals surface area (Å²) in [5.74, 6) is 0.878. The number of carbonyl (C=O) groups excluding carboxylic acids is 2. The second kappa shape index (κ2) is 10.7. The van der Waals surface area contributed by atoms with E-state index in [0.717, 1.165) is 20.9 Å². The highest BCUT2D eigenvalue weighted by Gasteiger charge is 2.12. The second-order valence-corrected chi connectivity index (χ2v) is 8.91. The molecule has 0 aliphatic carbocycles. The number of fused-ring (bicyclic) bond motifs is 1. The zero-order valence-electron chi connectivity index (χ0n) is 16.6. The summed E-state index contributed by atoms with van der Waals surface area (Å²) in [5, 5.41) is 0.703. The standard InChI is InChI=1S/C21H21ClN2O4S2/c1-27-15-7-10-17-18(12-15)30-21(24(17)13-20(26)28-2)23-19(25)4-3-11-29-16-8-5-14(22)6-9-16/h5-10,12H,3-4,11,13H2,1-2H3. The van der Waals surface area contributed by atoms with Crippen LogP contribution in [0.2, 0.25) is 5.02 Å². The minimum atomic E-state index is -0.404. The monoisotopic (exact) mass is 464 g/mol. The Hall–Kier alpha value is -2.29. The Morgan fingerprint density at radius 2 is 1.93 bits per heavy atom. The Bertz CT molecular complexity index is 1110. The van der Waals surface area contributed by atoms with Crippen LogP contribution in [0.4, 0.5) is 0 Å². The third-order valence-corrected chi connectivity index (χ3v) is 6.63. The van der Waals surface area contributed by atoms with Gasteiger partial charge in [-0.15, -0.1) is 11.8 Å². The molecule has 30 heavy (non-hydrogen) atoms. The van der Waals surface area contributed by atoms with Gasteiger partial charge in [0.1, 0.15) is 12.3 Å². The number of halogens is 1. The number of ether oxygens (including phenoxy) is 2. The molecule has 0 bridgehead atoms. The molecule has 1 heterocycles. The number of hydrogen-bond acceptors (Lipinski definition) is 6. The van der Waals surface area contributed by atoms with E-state index in [4.69, 9.17) is 21.1 Å². The average molecular weight is 465 g/mol. The van der Waals surface area contributed by atoms with Gasteiger partial charge in [0.15, 0.2) is 4.80 Å². The lowest BCUT2D eigenvalue weighted by molar-refractivity contribution is -0.141. The molecule has 0 spiro atoms. The first-order valence-electron chi connectivity index (χ1n) is 9.20. The number of hydrogen-bond donors (Lipinski definition) is 0. The van der Waals surface area contributed by atoms with E-state index in [1.165, 1.54) is 18.4 Å². The SMILES string of the molecule is COC(=O)Cn1c(=NC(=O)CCCSc2ccc(Cl)cc2)sc2cc(OC)ccc21. The molecule has 0 N–H and O–H groups in total. The topological polar surface area (TPSA) is 69.9 Å². The molecule has 3 aromatic rings.